The fourth-order valence-electron chi connectivity index (χ4n) is 14.0. The Hall–Kier alpha value is -8.20. The third kappa shape index (κ3) is 3.81. The lowest BCUT2D eigenvalue weighted by Gasteiger charge is -2.40. The zero-order valence-electron chi connectivity index (χ0n) is 36.5. The molecule has 0 amide bonds. The van der Waals surface area contributed by atoms with Crippen molar-refractivity contribution in [2.45, 2.75) is 24.7 Å². The fraction of sp³-hybridized carbons (Fsp3) is 0.0625. The van der Waals surface area contributed by atoms with Gasteiger partial charge in [-0.25, -0.2) is 0 Å². The molecule has 0 N–H and O–H groups in total. The summed E-state index contributed by atoms with van der Waals surface area (Å²) in [5.41, 5.74) is 27.8. The summed E-state index contributed by atoms with van der Waals surface area (Å²) >= 11 is 0. The van der Waals surface area contributed by atoms with Crippen molar-refractivity contribution in [2.75, 3.05) is 0 Å². The van der Waals surface area contributed by atoms with Gasteiger partial charge in [-0.2, -0.15) is 0 Å². The maximum atomic E-state index is 2.60. The lowest BCUT2D eigenvalue weighted by molar-refractivity contribution is 0.747. The second kappa shape index (κ2) is 11.9. The van der Waals surface area contributed by atoms with E-state index in [9.17, 15) is 0 Å². The molecule has 2 aromatic heterocycles. The number of para-hydroxylation sites is 4. The van der Waals surface area contributed by atoms with Crippen molar-refractivity contribution < 1.29 is 0 Å². The van der Waals surface area contributed by atoms with Crippen LogP contribution >= 0.6 is 0 Å². The maximum absolute atomic E-state index is 2.60. The molecule has 0 fully saturated rings. The minimum Gasteiger partial charge on any atom is -0.309 e. The van der Waals surface area contributed by atoms with Crippen LogP contribution in [-0.4, -0.2) is 9.13 Å². The Balaban J connectivity index is 1.06. The first kappa shape index (κ1) is 35.2. The summed E-state index contributed by atoms with van der Waals surface area (Å²) in [7, 11) is 0. The van der Waals surface area contributed by atoms with E-state index in [0.717, 1.165) is 0 Å². The Labute approximate surface area is 382 Å². The molecule has 2 aliphatic carbocycles. The minimum absolute atomic E-state index is 0.487. The van der Waals surface area contributed by atoms with E-state index in [1.54, 1.807) is 0 Å². The number of nitrogens with zero attached hydrogens (tertiary/aromatic N) is 2. The Morgan fingerprint density at radius 2 is 0.894 bits per heavy atom. The van der Waals surface area contributed by atoms with E-state index in [0.29, 0.717) is 0 Å². The molecule has 0 radical (unpaired) electrons. The van der Waals surface area contributed by atoms with E-state index in [1.807, 2.05) is 0 Å². The molecule has 4 aliphatic rings. The molecule has 16 rings (SSSR count). The van der Waals surface area contributed by atoms with Crippen molar-refractivity contribution in [1.29, 1.82) is 0 Å². The highest BCUT2D eigenvalue weighted by atomic mass is 15.0. The summed E-state index contributed by atoms with van der Waals surface area (Å²) in [5, 5.41) is 5.16. The summed E-state index contributed by atoms with van der Waals surface area (Å²) < 4.78 is 5.18. The van der Waals surface area contributed by atoms with Crippen molar-refractivity contribution in [2.24, 2.45) is 0 Å². The summed E-state index contributed by atoms with van der Waals surface area (Å²) in [6.45, 7) is 4.53. The summed E-state index contributed by atoms with van der Waals surface area (Å²) in [5.74, 6) is 0. The van der Waals surface area contributed by atoms with Gasteiger partial charge in [0.25, 0.3) is 0 Å². The highest BCUT2D eigenvalue weighted by Crippen LogP contribution is 2.64. The van der Waals surface area contributed by atoms with E-state index in [4.69, 9.17) is 0 Å². The molecular formula is C64H40N2. The van der Waals surface area contributed by atoms with Crippen LogP contribution in [0.2, 0.25) is 0 Å². The quantitative estimate of drug-likeness (QED) is 0.156. The van der Waals surface area contributed by atoms with Crippen LogP contribution in [0.4, 0.5) is 0 Å². The van der Waals surface area contributed by atoms with Gasteiger partial charge in [0.2, 0.25) is 0 Å². The van der Waals surface area contributed by atoms with Crippen molar-refractivity contribution in [3.8, 4) is 44.8 Å². The molecule has 0 saturated heterocycles. The normalized spacial score (nSPS) is 17.7. The van der Waals surface area contributed by atoms with Crippen LogP contribution in [-0.2, 0) is 10.8 Å². The molecule has 2 spiro atoms. The van der Waals surface area contributed by atoms with Gasteiger partial charge < -0.3 is 9.13 Å². The first-order valence-corrected chi connectivity index (χ1v) is 23.4. The van der Waals surface area contributed by atoms with Crippen LogP contribution in [0.3, 0.4) is 0 Å². The Morgan fingerprint density at radius 3 is 1.76 bits per heavy atom. The number of hydrogen-bond acceptors (Lipinski definition) is 0. The van der Waals surface area contributed by atoms with Crippen LogP contribution < -0.4 is 0 Å². The van der Waals surface area contributed by atoms with Gasteiger partial charge in [-0.15, -0.1) is 0 Å². The number of aryl methyl sites for hydroxylation is 2. The van der Waals surface area contributed by atoms with E-state index in [-0.39, 0.29) is 0 Å². The van der Waals surface area contributed by atoms with Crippen LogP contribution in [0.5, 0.6) is 0 Å². The molecule has 2 heteroatoms. The molecule has 10 aromatic carbocycles. The highest BCUT2D eigenvalue weighted by Gasteiger charge is 2.53. The zero-order chi connectivity index (χ0) is 43.2. The van der Waals surface area contributed by atoms with Crippen molar-refractivity contribution in [1.82, 2.24) is 9.13 Å². The standard InChI is InChI=1S/C64H40N2/c1-37-29-31-42-41-16-3-7-21-47(41)64(54(42)35-37)49-23-9-12-28-57(49)65-56-27-11-6-19-46(56)60-40(32-34-53(64)62(60)65)39-30-33-50-58(36-39)66-55-26-10-5-17-43(55)44-20-14-25-52(61(44)66)63(50)48-22-8-4-18-45(48)59-38(2)15-13-24-51(59)63/h3-36H,1-2H3. The molecule has 12 aromatic rings. The van der Waals surface area contributed by atoms with Gasteiger partial charge in [-0.05, 0) is 122 Å². The molecule has 2 aliphatic heterocycles. The fourth-order valence-corrected chi connectivity index (χ4v) is 14.0. The third-order valence-electron chi connectivity index (χ3n) is 16.3. The minimum atomic E-state index is -0.497. The second-order valence-corrected chi connectivity index (χ2v) is 19.2. The second-order valence-electron chi connectivity index (χ2n) is 19.2. The van der Waals surface area contributed by atoms with Crippen LogP contribution in [0.15, 0.2) is 206 Å². The first-order valence-electron chi connectivity index (χ1n) is 23.4. The summed E-state index contributed by atoms with van der Waals surface area (Å²) in [6, 6.07) is 79.2. The predicted molar refractivity (Wildman–Crippen MR) is 272 cm³/mol. The largest absolute Gasteiger partial charge is 0.309 e. The molecule has 2 nitrogen and oxygen atoms in total. The van der Waals surface area contributed by atoms with E-state index >= 15 is 0 Å². The van der Waals surface area contributed by atoms with Crippen molar-refractivity contribution in [3.05, 3.63) is 262 Å². The van der Waals surface area contributed by atoms with E-state index in [1.165, 1.54) is 144 Å². The lowest BCUT2D eigenvalue weighted by Crippen LogP contribution is -2.33. The van der Waals surface area contributed by atoms with E-state index in [2.05, 4.69) is 229 Å². The number of hydrogen-bond donors (Lipinski definition) is 0. The molecule has 0 saturated carbocycles. The van der Waals surface area contributed by atoms with Gasteiger partial charge in [-0.1, -0.05) is 188 Å². The Bertz CT molecular complexity index is 4210. The summed E-state index contributed by atoms with van der Waals surface area (Å²) in [6.07, 6.45) is 0. The van der Waals surface area contributed by atoms with Crippen LogP contribution in [0.25, 0.3) is 88.4 Å². The molecule has 2 unspecified atom stereocenters. The highest BCUT2D eigenvalue weighted by molar-refractivity contribution is 6.19. The summed E-state index contributed by atoms with van der Waals surface area (Å²) in [4.78, 5) is 0. The zero-order valence-corrected chi connectivity index (χ0v) is 36.5. The molecule has 0 bridgehead atoms. The average Bonchev–Trinajstić information content (AvgIpc) is 4.07. The smallest absolute Gasteiger partial charge is 0.0754 e. The predicted octanol–water partition coefficient (Wildman–Crippen LogP) is 15.5. The molecule has 306 valence electrons. The topological polar surface area (TPSA) is 9.86 Å². The number of fused-ring (bicyclic) bond motifs is 24. The Morgan fingerprint density at radius 1 is 0.333 bits per heavy atom. The molecule has 4 heterocycles. The monoisotopic (exact) mass is 836 g/mol. The molecule has 2 atom stereocenters. The SMILES string of the molecule is Cc1ccc2c(c1)C1(c3ccccc3-2)c2ccccc2-n2c3ccccc3c3c(-c4ccc5c(c4)-n4c6ccccc6c6cccc(c64)C54c5ccccc5-c5c(C)cccc54)ccc1c32. The third-order valence-corrected chi connectivity index (χ3v) is 16.3. The number of rotatable bonds is 1. The first-order chi connectivity index (χ1) is 32.6. The van der Waals surface area contributed by atoms with Gasteiger partial charge in [0.05, 0.1) is 44.3 Å². The lowest BCUT2D eigenvalue weighted by atomic mass is 9.64. The molecule has 66 heavy (non-hydrogen) atoms. The van der Waals surface area contributed by atoms with E-state index < -0.39 is 10.8 Å². The van der Waals surface area contributed by atoms with Gasteiger partial charge in [0, 0.05) is 21.5 Å². The van der Waals surface area contributed by atoms with Crippen molar-refractivity contribution >= 4 is 43.6 Å². The number of benzene rings is 10. The average molecular weight is 837 g/mol. The van der Waals surface area contributed by atoms with Crippen molar-refractivity contribution in [3.63, 3.8) is 0 Å². The van der Waals surface area contributed by atoms with Gasteiger partial charge in [0.15, 0.2) is 0 Å². The Kier molecular flexibility index (Phi) is 6.36. The molecular weight excluding hydrogens is 797 g/mol. The van der Waals surface area contributed by atoms with Crippen LogP contribution in [0.1, 0.15) is 55.6 Å². The van der Waals surface area contributed by atoms with Gasteiger partial charge in [0.1, 0.15) is 0 Å². The van der Waals surface area contributed by atoms with Gasteiger partial charge >= 0.3 is 0 Å². The maximum Gasteiger partial charge on any atom is 0.0754 e. The number of aromatic nitrogens is 2. The van der Waals surface area contributed by atoms with Gasteiger partial charge in [-0.3, -0.25) is 0 Å². The van der Waals surface area contributed by atoms with Crippen LogP contribution in [0, 0.1) is 13.8 Å².